The predicted molar refractivity (Wildman–Crippen MR) is 270 cm³/mol. The first kappa shape index (κ1) is 50.7. The van der Waals surface area contributed by atoms with Gasteiger partial charge in [-0.3, -0.25) is 0 Å². The zero-order chi connectivity index (χ0) is 50.2. The molecule has 0 N–H and O–H groups in total. The van der Waals surface area contributed by atoms with E-state index < -0.39 is 0 Å². The molecule has 0 saturated heterocycles. The lowest BCUT2D eigenvalue weighted by Crippen LogP contribution is -2.02. The van der Waals surface area contributed by atoms with Gasteiger partial charge in [0.2, 0.25) is 11.5 Å². The summed E-state index contributed by atoms with van der Waals surface area (Å²) in [4.78, 5) is 0. The maximum Gasteiger partial charge on any atom is 0.203 e. The van der Waals surface area contributed by atoms with Crippen molar-refractivity contribution in [2.75, 3.05) is 85.3 Å². The van der Waals surface area contributed by atoms with Gasteiger partial charge < -0.3 is 56.8 Å². The number of benzene rings is 6. The third-order valence-corrected chi connectivity index (χ3v) is 11.1. The summed E-state index contributed by atoms with van der Waals surface area (Å²) >= 11 is 0. The molecule has 0 aliphatic rings. The fraction of sp³-hybridized carbons (Fsp3) is 0.241. The minimum Gasteiger partial charge on any atom is -0.497 e. The molecule has 12 heteroatoms. The molecular formula is C58H56O12. The van der Waals surface area contributed by atoms with Crippen LogP contribution in [-0.4, -0.2) is 85.3 Å². The summed E-state index contributed by atoms with van der Waals surface area (Å²) < 4.78 is 67.9. The van der Waals surface area contributed by atoms with E-state index in [1.165, 1.54) is 0 Å². The molecule has 6 rings (SSSR count). The van der Waals surface area contributed by atoms with E-state index in [1.54, 1.807) is 116 Å². The van der Waals surface area contributed by atoms with Crippen molar-refractivity contribution in [3.8, 4) is 105 Å². The van der Waals surface area contributed by atoms with Crippen LogP contribution in [0.2, 0.25) is 0 Å². The first-order chi connectivity index (χ1) is 34.1. The van der Waals surface area contributed by atoms with Gasteiger partial charge in [-0.15, -0.1) is 0 Å². The maximum atomic E-state index is 5.96. The van der Waals surface area contributed by atoms with E-state index in [0.717, 1.165) is 27.8 Å². The summed E-state index contributed by atoms with van der Waals surface area (Å²) in [5, 5.41) is 0. The lowest BCUT2D eigenvalue weighted by molar-refractivity contribution is 0.324. The molecule has 0 aliphatic carbocycles. The molecule has 0 aliphatic heterocycles. The highest BCUT2D eigenvalue weighted by molar-refractivity contribution is 5.77. The van der Waals surface area contributed by atoms with Crippen molar-refractivity contribution in [1.82, 2.24) is 0 Å². The summed E-state index contributed by atoms with van der Waals surface area (Å²) in [6.07, 6.45) is 0.823. The fourth-order valence-electron chi connectivity index (χ4n) is 7.51. The number of rotatable bonds is 17. The molecule has 6 aromatic carbocycles. The van der Waals surface area contributed by atoms with Crippen LogP contribution in [0.25, 0.3) is 5.57 Å². The van der Waals surface area contributed by atoms with Crippen molar-refractivity contribution >= 4 is 5.57 Å². The van der Waals surface area contributed by atoms with Crippen molar-refractivity contribution in [2.24, 2.45) is 0 Å². The topological polar surface area (TPSA) is 111 Å². The van der Waals surface area contributed by atoms with E-state index in [9.17, 15) is 0 Å². The van der Waals surface area contributed by atoms with Crippen LogP contribution in [0.4, 0.5) is 0 Å². The summed E-state index contributed by atoms with van der Waals surface area (Å²) in [6, 6.07) is 30.4. The minimum atomic E-state index is 0.398. The maximum absolute atomic E-state index is 5.96. The van der Waals surface area contributed by atoms with Crippen LogP contribution < -0.4 is 56.8 Å². The number of allylic oxidation sites excluding steroid dienone is 2. The summed E-state index contributed by atoms with van der Waals surface area (Å²) in [5.41, 5.74) is 7.81. The minimum absolute atomic E-state index is 0.398. The van der Waals surface area contributed by atoms with Crippen molar-refractivity contribution < 1.29 is 56.8 Å². The van der Waals surface area contributed by atoms with E-state index in [4.69, 9.17) is 56.8 Å². The highest BCUT2D eigenvalue weighted by Gasteiger charge is 2.18. The van der Waals surface area contributed by atoms with Gasteiger partial charge in [-0.2, -0.15) is 0 Å². The first-order valence-corrected chi connectivity index (χ1v) is 21.8. The van der Waals surface area contributed by atoms with Crippen LogP contribution in [0.15, 0.2) is 103 Å². The van der Waals surface area contributed by atoms with E-state index in [-0.39, 0.29) is 0 Å². The second-order valence-electron chi connectivity index (χ2n) is 15.2. The molecule has 0 spiro atoms. The van der Waals surface area contributed by atoms with Gasteiger partial charge in [0.05, 0.1) is 96.4 Å². The van der Waals surface area contributed by atoms with Gasteiger partial charge in [0.25, 0.3) is 0 Å². The molecule has 360 valence electrons. The van der Waals surface area contributed by atoms with Gasteiger partial charge in [-0.05, 0) is 101 Å². The van der Waals surface area contributed by atoms with Crippen LogP contribution in [0.1, 0.15) is 44.5 Å². The molecule has 0 amide bonds. The van der Waals surface area contributed by atoms with Crippen LogP contribution in [0.5, 0.6) is 69.0 Å². The second-order valence-corrected chi connectivity index (χ2v) is 15.2. The predicted octanol–water partition coefficient (Wildman–Crippen LogP) is 9.88. The smallest absolute Gasteiger partial charge is 0.203 e. The molecule has 0 atom stereocenters. The average Bonchev–Trinajstić information content (AvgIpc) is 3.41. The third-order valence-electron chi connectivity index (χ3n) is 11.1. The largest absolute Gasteiger partial charge is 0.497 e. The van der Waals surface area contributed by atoms with Crippen molar-refractivity contribution in [2.45, 2.75) is 12.8 Å². The summed E-state index contributed by atoms with van der Waals surface area (Å²) in [5.74, 6) is 26.6. The Labute approximate surface area is 410 Å². The Hall–Kier alpha value is -8.66. The monoisotopic (exact) mass is 944 g/mol. The molecular weight excluding hydrogens is 889 g/mol. The number of methoxy groups -OCH3 is 12. The van der Waals surface area contributed by atoms with Crippen molar-refractivity contribution in [3.05, 3.63) is 147 Å². The highest BCUT2D eigenvalue weighted by atomic mass is 16.5. The Morgan fingerprint density at radius 1 is 0.329 bits per heavy atom. The molecule has 70 heavy (non-hydrogen) atoms. The standard InChI is InChI=1S/C58H56O12/c1-59-46-24-38(25-47(35-46)60-2)17-22-44(23-37-13-18-42(51(27-37)63-5)20-15-40-29-53(65-7)57(69-11)54(30-40)66-8)50(45-33-48(61-3)36-49(34-45)62-4)26-39-14-19-43(52(28-39)64-6)21-16-41-31-55(67-9)58(70-12)56(32-41)68-10/h13-14,18-19,24-25,27-36H,23,26H2,1-12H3/b50-44-. The zero-order valence-electron chi connectivity index (χ0n) is 41.6. The number of ether oxygens (including phenoxy) is 12. The first-order valence-electron chi connectivity index (χ1n) is 21.8. The lowest BCUT2D eigenvalue weighted by Gasteiger charge is -2.17. The SMILES string of the molecule is COc1cc(C#C/C(Cc2ccc(C#Cc3cc(OC)c(OC)c(OC)c3)c(OC)c2)=C(\Cc2ccc(C#Cc3cc(OC)c(OC)c(OC)c3)c(OC)c2)c2cc(OC)cc(OC)c2)cc(OC)c1. The van der Waals surface area contributed by atoms with Crippen molar-refractivity contribution in [3.63, 3.8) is 0 Å². The molecule has 0 aromatic heterocycles. The Kier molecular flexibility index (Phi) is 17.7. The molecule has 12 nitrogen and oxygen atoms in total. The van der Waals surface area contributed by atoms with Crippen LogP contribution in [-0.2, 0) is 12.8 Å². The molecule has 0 heterocycles. The van der Waals surface area contributed by atoms with E-state index in [1.807, 2.05) is 66.7 Å². The van der Waals surface area contributed by atoms with Gasteiger partial charge in [0.15, 0.2) is 23.0 Å². The van der Waals surface area contributed by atoms with Crippen LogP contribution in [0, 0.1) is 35.5 Å². The zero-order valence-corrected chi connectivity index (χ0v) is 41.6. The van der Waals surface area contributed by atoms with Gasteiger partial charge in [-0.25, -0.2) is 0 Å². The fourth-order valence-corrected chi connectivity index (χ4v) is 7.51. The van der Waals surface area contributed by atoms with Gasteiger partial charge >= 0.3 is 0 Å². The third kappa shape index (κ3) is 12.3. The van der Waals surface area contributed by atoms with Gasteiger partial charge in [0, 0.05) is 40.8 Å². The Morgan fingerprint density at radius 3 is 1.07 bits per heavy atom. The number of hydrogen-bond acceptors (Lipinski definition) is 12. The van der Waals surface area contributed by atoms with Crippen LogP contribution >= 0.6 is 0 Å². The van der Waals surface area contributed by atoms with E-state index in [0.29, 0.717) is 110 Å². The van der Waals surface area contributed by atoms with E-state index >= 15 is 0 Å². The number of hydrogen-bond donors (Lipinski definition) is 0. The molecule has 0 unspecified atom stereocenters. The molecule has 0 fully saturated rings. The normalized spacial score (nSPS) is 10.6. The summed E-state index contributed by atoms with van der Waals surface area (Å²) in [6.45, 7) is 0. The average molecular weight is 945 g/mol. The Morgan fingerprint density at radius 2 is 0.700 bits per heavy atom. The summed E-state index contributed by atoms with van der Waals surface area (Å²) in [7, 11) is 19.1. The Balaban J connectivity index is 1.51. The van der Waals surface area contributed by atoms with E-state index in [2.05, 4.69) is 35.5 Å². The van der Waals surface area contributed by atoms with Crippen molar-refractivity contribution in [1.29, 1.82) is 0 Å². The molecule has 0 saturated carbocycles. The lowest BCUT2D eigenvalue weighted by atomic mass is 9.89. The highest BCUT2D eigenvalue weighted by Crippen LogP contribution is 2.40. The molecule has 6 aromatic rings. The second kappa shape index (κ2) is 24.4. The molecule has 0 radical (unpaired) electrons. The van der Waals surface area contributed by atoms with Gasteiger partial charge in [0.1, 0.15) is 34.5 Å². The quantitative estimate of drug-likeness (QED) is 0.0812. The Bertz CT molecular complexity index is 2970. The van der Waals surface area contributed by atoms with Crippen LogP contribution in [0.3, 0.4) is 0 Å². The van der Waals surface area contributed by atoms with Gasteiger partial charge in [-0.1, -0.05) is 47.7 Å². The molecule has 0 bridgehead atoms.